The Bertz CT molecular complexity index is 809. The number of thioether (sulfide) groups is 1. The monoisotopic (exact) mass is 425 g/mol. The van der Waals surface area contributed by atoms with Crippen LogP contribution in [0.1, 0.15) is 21.5 Å². The van der Waals surface area contributed by atoms with Crippen LogP contribution in [0.15, 0.2) is 47.6 Å². The average Bonchev–Trinajstić information content (AvgIpc) is 2.72. The van der Waals surface area contributed by atoms with Gasteiger partial charge in [0, 0.05) is 32.4 Å². The number of halogens is 3. The number of carbonyl (C=O) groups is 1. The van der Waals surface area contributed by atoms with Gasteiger partial charge in [0.15, 0.2) is 0 Å². The van der Waals surface area contributed by atoms with Crippen molar-refractivity contribution in [2.75, 3.05) is 32.1 Å². The number of amides is 1. The highest BCUT2D eigenvalue weighted by Gasteiger charge is 2.28. The van der Waals surface area contributed by atoms with Gasteiger partial charge in [-0.05, 0) is 23.3 Å². The molecule has 2 heterocycles. The highest BCUT2D eigenvalue weighted by molar-refractivity contribution is 7.99. The zero-order valence-corrected chi connectivity index (χ0v) is 16.6. The third-order valence-corrected chi connectivity index (χ3v) is 5.44. The van der Waals surface area contributed by atoms with Gasteiger partial charge in [-0.3, -0.25) is 9.69 Å². The van der Waals surface area contributed by atoms with Gasteiger partial charge in [-0.1, -0.05) is 36.0 Å². The Balaban J connectivity index is 1.54. The maximum atomic E-state index is 12.5. The highest BCUT2D eigenvalue weighted by Crippen LogP contribution is 2.28. The first-order chi connectivity index (χ1) is 13.9. The lowest BCUT2D eigenvalue weighted by atomic mass is 10.1. The average molecular weight is 425 g/mol. The van der Waals surface area contributed by atoms with Gasteiger partial charge in [0.25, 0.3) is 5.91 Å². The molecule has 29 heavy (non-hydrogen) atoms. The number of ether oxygens (including phenoxy) is 1. The molecule has 0 aliphatic carbocycles. The van der Waals surface area contributed by atoms with E-state index in [9.17, 15) is 18.0 Å². The van der Waals surface area contributed by atoms with E-state index in [1.807, 2.05) is 24.3 Å². The molecule has 156 valence electrons. The summed E-state index contributed by atoms with van der Waals surface area (Å²) in [6, 6.07) is 10.9. The number of nitrogens with zero attached hydrogens (tertiary/aromatic N) is 2. The van der Waals surface area contributed by atoms with E-state index in [0.717, 1.165) is 38.4 Å². The van der Waals surface area contributed by atoms with Gasteiger partial charge in [-0.25, -0.2) is 4.98 Å². The van der Waals surface area contributed by atoms with Crippen LogP contribution in [0.2, 0.25) is 0 Å². The molecular formula is C20H22F3N3O2S. The molecule has 0 saturated carbocycles. The summed E-state index contributed by atoms with van der Waals surface area (Å²) in [5.41, 5.74) is 2.24. The lowest BCUT2D eigenvalue weighted by molar-refractivity contribution is -0.105. The molecule has 5 nitrogen and oxygen atoms in total. The molecule has 1 amide bonds. The number of benzene rings is 1. The summed E-state index contributed by atoms with van der Waals surface area (Å²) in [5.74, 6) is -1.53. The quantitative estimate of drug-likeness (QED) is 0.689. The summed E-state index contributed by atoms with van der Waals surface area (Å²) in [5, 5.41) is 2.83. The van der Waals surface area contributed by atoms with Gasteiger partial charge in [-0.15, -0.1) is 0 Å². The molecular weight excluding hydrogens is 403 g/mol. The third-order valence-electron chi connectivity index (χ3n) is 4.37. The molecule has 0 atom stereocenters. The van der Waals surface area contributed by atoms with Crippen molar-refractivity contribution < 1.29 is 22.7 Å². The fourth-order valence-electron chi connectivity index (χ4n) is 2.89. The minimum atomic E-state index is -4.32. The van der Waals surface area contributed by atoms with Crippen molar-refractivity contribution in [3.8, 4) is 0 Å². The number of hydrogen-bond acceptors (Lipinski definition) is 5. The molecule has 1 fully saturated rings. The maximum absolute atomic E-state index is 12.5. The van der Waals surface area contributed by atoms with Gasteiger partial charge in [0.05, 0.1) is 24.5 Å². The number of rotatable bonds is 7. The standard InChI is InChI=1S/C20H22F3N3O2S/c21-20(22,23)14-29-19-17(2-1-7-24-19)18(27)25-12-15-3-5-16(6-4-15)13-26-8-10-28-11-9-26/h1-7H,8-14H2,(H,25,27). The van der Waals surface area contributed by atoms with Crippen molar-refractivity contribution in [2.24, 2.45) is 0 Å². The van der Waals surface area contributed by atoms with Crippen LogP contribution in [-0.4, -0.2) is 54.0 Å². The Kier molecular flexibility index (Phi) is 7.51. The molecule has 1 saturated heterocycles. The first-order valence-electron chi connectivity index (χ1n) is 9.21. The van der Waals surface area contributed by atoms with Crippen molar-refractivity contribution in [1.82, 2.24) is 15.2 Å². The van der Waals surface area contributed by atoms with Crippen LogP contribution in [-0.2, 0) is 17.8 Å². The molecule has 1 aromatic heterocycles. The fourth-order valence-corrected chi connectivity index (χ4v) is 3.64. The van der Waals surface area contributed by atoms with Crippen LogP contribution in [0.5, 0.6) is 0 Å². The first kappa shape index (κ1) is 21.6. The van der Waals surface area contributed by atoms with E-state index in [2.05, 4.69) is 15.2 Å². The Hall–Kier alpha value is -2.10. The van der Waals surface area contributed by atoms with Crippen LogP contribution in [0.4, 0.5) is 13.2 Å². The topological polar surface area (TPSA) is 54.5 Å². The van der Waals surface area contributed by atoms with E-state index in [0.29, 0.717) is 11.8 Å². The summed E-state index contributed by atoms with van der Waals surface area (Å²) in [6.07, 6.45) is -2.94. The Morgan fingerprint density at radius 2 is 1.83 bits per heavy atom. The molecule has 1 aromatic carbocycles. The number of morpholine rings is 1. The first-order valence-corrected chi connectivity index (χ1v) is 10.2. The molecule has 0 unspecified atom stereocenters. The summed E-state index contributed by atoms with van der Waals surface area (Å²) < 4.78 is 42.7. The summed E-state index contributed by atoms with van der Waals surface area (Å²) in [6.45, 7) is 4.47. The predicted octanol–water partition coefficient (Wildman–Crippen LogP) is 3.50. The van der Waals surface area contributed by atoms with E-state index in [1.165, 1.54) is 23.9 Å². The summed E-state index contributed by atoms with van der Waals surface area (Å²) >= 11 is 0.512. The van der Waals surface area contributed by atoms with Crippen LogP contribution in [0, 0.1) is 0 Å². The Morgan fingerprint density at radius 1 is 1.14 bits per heavy atom. The molecule has 1 aliphatic rings. The van der Waals surface area contributed by atoms with E-state index >= 15 is 0 Å². The van der Waals surface area contributed by atoms with Gasteiger partial charge in [0.2, 0.25) is 0 Å². The summed E-state index contributed by atoms with van der Waals surface area (Å²) in [7, 11) is 0. The van der Waals surface area contributed by atoms with Crippen LogP contribution < -0.4 is 5.32 Å². The van der Waals surface area contributed by atoms with Gasteiger partial charge < -0.3 is 10.1 Å². The molecule has 1 N–H and O–H groups in total. The maximum Gasteiger partial charge on any atom is 0.398 e. The summed E-state index contributed by atoms with van der Waals surface area (Å²) in [4.78, 5) is 18.7. The molecule has 3 rings (SSSR count). The van der Waals surface area contributed by atoms with Gasteiger partial charge >= 0.3 is 6.18 Å². The SMILES string of the molecule is O=C(NCc1ccc(CN2CCOCC2)cc1)c1cccnc1SCC(F)(F)F. The number of nitrogens with one attached hydrogen (secondary N) is 1. The zero-order chi connectivity index (χ0) is 20.7. The molecule has 1 aliphatic heterocycles. The second-order valence-corrected chi connectivity index (χ2v) is 7.61. The van der Waals surface area contributed by atoms with Gasteiger partial charge in [-0.2, -0.15) is 13.2 Å². The normalized spacial score (nSPS) is 15.3. The van der Waals surface area contributed by atoms with Crippen molar-refractivity contribution >= 4 is 17.7 Å². The van der Waals surface area contributed by atoms with Gasteiger partial charge in [0.1, 0.15) is 5.03 Å². The zero-order valence-electron chi connectivity index (χ0n) is 15.7. The molecule has 0 bridgehead atoms. The van der Waals surface area contributed by atoms with E-state index in [1.54, 1.807) is 0 Å². The van der Waals surface area contributed by atoms with Crippen molar-refractivity contribution in [1.29, 1.82) is 0 Å². The number of hydrogen-bond donors (Lipinski definition) is 1. The molecule has 2 aromatic rings. The largest absolute Gasteiger partial charge is 0.398 e. The van der Waals surface area contributed by atoms with E-state index < -0.39 is 17.8 Å². The predicted molar refractivity (Wildman–Crippen MR) is 105 cm³/mol. The Labute approximate surface area is 171 Å². The number of pyridine rings is 1. The molecule has 0 spiro atoms. The number of carbonyl (C=O) groups excluding carboxylic acids is 1. The number of aromatic nitrogens is 1. The highest BCUT2D eigenvalue weighted by atomic mass is 32.2. The third kappa shape index (κ3) is 7.02. The van der Waals surface area contributed by atoms with Crippen LogP contribution in [0.3, 0.4) is 0 Å². The van der Waals surface area contributed by atoms with Crippen LogP contribution >= 0.6 is 11.8 Å². The molecule has 0 radical (unpaired) electrons. The second kappa shape index (κ2) is 10.1. The van der Waals surface area contributed by atoms with E-state index in [4.69, 9.17) is 4.74 Å². The minimum Gasteiger partial charge on any atom is -0.379 e. The molecule has 9 heteroatoms. The number of alkyl halides is 3. The smallest absolute Gasteiger partial charge is 0.379 e. The minimum absolute atomic E-state index is 0.0724. The lowest BCUT2D eigenvalue weighted by Crippen LogP contribution is -2.35. The Morgan fingerprint density at radius 3 is 2.52 bits per heavy atom. The van der Waals surface area contributed by atoms with Crippen molar-refractivity contribution in [3.05, 3.63) is 59.3 Å². The second-order valence-electron chi connectivity index (χ2n) is 6.65. The van der Waals surface area contributed by atoms with Crippen molar-refractivity contribution in [3.63, 3.8) is 0 Å². The lowest BCUT2D eigenvalue weighted by Gasteiger charge is -2.26. The fraction of sp³-hybridized carbons (Fsp3) is 0.400. The van der Waals surface area contributed by atoms with E-state index in [-0.39, 0.29) is 17.1 Å². The van der Waals surface area contributed by atoms with Crippen LogP contribution in [0.25, 0.3) is 0 Å². The van der Waals surface area contributed by atoms with Crippen molar-refractivity contribution in [2.45, 2.75) is 24.3 Å².